The third kappa shape index (κ3) is 4.94. The highest BCUT2D eigenvalue weighted by Crippen LogP contribution is 2.34. The summed E-state index contributed by atoms with van der Waals surface area (Å²) in [6.45, 7) is 5.89. The molecule has 2 nitrogen and oxygen atoms in total. The van der Waals surface area contributed by atoms with Gasteiger partial charge >= 0.3 is 0 Å². The molecule has 2 rings (SSSR count). The fourth-order valence-corrected chi connectivity index (χ4v) is 3.24. The van der Waals surface area contributed by atoms with E-state index in [1.165, 1.54) is 0 Å². The molecule has 0 spiro atoms. The molecule has 1 fully saturated rings. The Kier molecular flexibility index (Phi) is 6.46. The third-order valence-corrected chi connectivity index (χ3v) is 4.48. The molecule has 1 aromatic carbocycles. The van der Waals surface area contributed by atoms with E-state index in [1.54, 1.807) is 12.1 Å². The minimum atomic E-state index is -0.329. The number of ether oxygens (including phenoxy) is 1. The second-order valence-electron chi connectivity index (χ2n) is 5.86. The highest BCUT2D eigenvalue weighted by atomic mass is 35.5. The molecule has 4 heteroatoms. The highest BCUT2D eigenvalue weighted by molar-refractivity contribution is 6.30. The molecule has 1 aromatic rings. The molecule has 0 aliphatic heterocycles. The molecule has 0 saturated heterocycles. The molecular formula is C17H25ClFNO. The van der Waals surface area contributed by atoms with E-state index in [1.807, 2.05) is 13.0 Å². The van der Waals surface area contributed by atoms with Crippen LogP contribution in [0, 0.1) is 11.7 Å². The van der Waals surface area contributed by atoms with Gasteiger partial charge in [-0.1, -0.05) is 24.6 Å². The van der Waals surface area contributed by atoms with Crippen molar-refractivity contribution in [2.45, 2.75) is 51.7 Å². The summed E-state index contributed by atoms with van der Waals surface area (Å²) in [5.74, 6) is 0.396. The Morgan fingerprint density at radius 2 is 2.14 bits per heavy atom. The monoisotopic (exact) mass is 313 g/mol. The number of hydrogen-bond donors (Lipinski definition) is 1. The molecule has 0 amide bonds. The maximum atomic E-state index is 13.5. The maximum Gasteiger partial charge on any atom is 0.142 e. The lowest BCUT2D eigenvalue weighted by Crippen LogP contribution is -2.39. The molecule has 0 bridgehead atoms. The minimum absolute atomic E-state index is 0.192. The van der Waals surface area contributed by atoms with E-state index < -0.39 is 0 Å². The van der Waals surface area contributed by atoms with Gasteiger partial charge in [0.05, 0.1) is 11.1 Å². The van der Waals surface area contributed by atoms with E-state index in [4.69, 9.17) is 16.3 Å². The first-order chi connectivity index (χ1) is 10.1. The summed E-state index contributed by atoms with van der Waals surface area (Å²) < 4.78 is 19.1. The van der Waals surface area contributed by atoms with Crippen LogP contribution in [0.25, 0.3) is 0 Å². The van der Waals surface area contributed by atoms with Crippen LogP contribution < -0.4 is 5.32 Å². The highest BCUT2D eigenvalue weighted by Gasteiger charge is 2.31. The Balaban J connectivity index is 1.85. The SMILES string of the molecule is CCNC(Cc1ccc(Cl)c(F)c1)CC1CC(OCC)C1. The van der Waals surface area contributed by atoms with Gasteiger partial charge in [-0.15, -0.1) is 0 Å². The van der Waals surface area contributed by atoms with Crippen LogP contribution in [-0.4, -0.2) is 25.3 Å². The average molecular weight is 314 g/mol. The molecule has 1 atom stereocenters. The zero-order chi connectivity index (χ0) is 15.2. The normalized spacial score (nSPS) is 22.9. The molecule has 1 aliphatic carbocycles. The lowest BCUT2D eigenvalue weighted by Gasteiger charge is -2.37. The quantitative estimate of drug-likeness (QED) is 0.776. The predicted molar refractivity (Wildman–Crippen MR) is 85.3 cm³/mol. The minimum Gasteiger partial charge on any atom is -0.378 e. The van der Waals surface area contributed by atoms with E-state index in [9.17, 15) is 4.39 Å². The van der Waals surface area contributed by atoms with Gasteiger partial charge < -0.3 is 10.1 Å². The zero-order valence-electron chi connectivity index (χ0n) is 12.9. The first kappa shape index (κ1) is 16.7. The molecule has 1 N–H and O–H groups in total. The van der Waals surface area contributed by atoms with Crippen molar-refractivity contribution in [2.75, 3.05) is 13.2 Å². The summed E-state index contributed by atoms with van der Waals surface area (Å²) in [5.41, 5.74) is 1.00. The number of likely N-dealkylation sites (N-methyl/N-ethyl adjacent to an activating group) is 1. The summed E-state index contributed by atoms with van der Waals surface area (Å²) in [4.78, 5) is 0. The maximum absolute atomic E-state index is 13.5. The number of hydrogen-bond acceptors (Lipinski definition) is 2. The fraction of sp³-hybridized carbons (Fsp3) is 0.647. The first-order valence-electron chi connectivity index (χ1n) is 7.91. The Morgan fingerprint density at radius 1 is 1.38 bits per heavy atom. The van der Waals surface area contributed by atoms with Crippen LogP contribution in [0.5, 0.6) is 0 Å². The summed E-state index contributed by atoms with van der Waals surface area (Å²) in [5, 5.41) is 3.71. The van der Waals surface area contributed by atoms with Crippen LogP contribution in [0.1, 0.15) is 38.7 Å². The van der Waals surface area contributed by atoms with Crippen LogP contribution >= 0.6 is 11.6 Å². The van der Waals surface area contributed by atoms with Crippen LogP contribution in [0.15, 0.2) is 18.2 Å². The van der Waals surface area contributed by atoms with Gasteiger partial charge in [-0.25, -0.2) is 4.39 Å². The number of benzene rings is 1. The molecule has 1 aliphatic rings. The van der Waals surface area contributed by atoms with Gasteiger partial charge in [-0.05, 0) is 62.8 Å². The van der Waals surface area contributed by atoms with Crippen LogP contribution in [0.2, 0.25) is 5.02 Å². The Labute approximate surface area is 132 Å². The lowest BCUT2D eigenvalue weighted by molar-refractivity contribution is -0.0289. The van der Waals surface area contributed by atoms with E-state index in [0.29, 0.717) is 12.1 Å². The third-order valence-electron chi connectivity index (χ3n) is 4.17. The van der Waals surface area contributed by atoms with Crippen molar-refractivity contribution in [3.05, 3.63) is 34.6 Å². The summed E-state index contributed by atoms with van der Waals surface area (Å²) in [6, 6.07) is 5.50. The molecule has 118 valence electrons. The Hall–Kier alpha value is -0.640. The van der Waals surface area contributed by atoms with Crippen molar-refractivity contribution >= 4 is 11.6 Å². The molecule has 0 heterocycles. The van der Waals surface area contributed by atoms with Gasteiger partial charge in [0.25, 0.3) is 0 Å². The largest absolute Gasteiger partial charge is 0.378 e. The smallest absolute Gasteiger partial charge is 0.142 e. The summed E-state index contributed by atoms with van der Waals surface area (Å²) in [7, 11) is 0. The van der Waals surface area contributed by atoms with Crippen molar-refractivity contribution < 1.29 is 9.13 Å². The van der Waals surface area contributed by atoms with Gasteiger partial charge in [-0.2, -0.15) is 0 Å². The van der Waals surface area contributed by atoms with Gasteiger partial charge in [-0.3, -0.25) is 0 Å². The molecule has 0 radical (unpaired) electrons. The van der Waals surface area contributed by atoms with Crippen LogP contribution in [0.3, 0.4) is 0 Å². The first-order valence-corrected chi connectivity index (χ1v) is 8.29. The fourth-order valence-electron chi connectivity index (χ4n) is 3.12. The predicted octanol–water partition coefficient (Wildman–Crippen LogP) is 4.20. The van der Waals surface area contributed by atoms with Gasteiger partial charge in [0, 0.05) is 12.6 Å². The van der Waals surface area contributed by atoms with Crippen LogP contribution in [0.4, 0.5) is 4.39 Å². The summed E-state index contributed by atoms with van der Waals surface area (Å²) in [6.07, 6.45) is 4.74. The van der Waals surface area contributed by atoms with E-state index >= 15 is 0 Å². The van der Waals surface area contributed by atoms with Crippen molar-refractivity contribution in [1.29, 1.82) is 0 Å². The zero-order valence-corrected chi connectivity index (χ0v) is 13.6. The van der Waals surface area contributed by atoms with Gasteiger partial charge in [0.2, 0.25) is 0 Å². The van der Waals surface area contributed by atoms with E-state index in [-0.39, 0.29) is 10.8 Å². The summed E-state index contributed by atoms with van der Waals surface area (Å²) >= 11 is 5.74. The van der Waals surface area contributed by atoms with Gasteiger partial charge in [0.1, 0.15) is 5.82 Å². The van der Waals surface area contributed by atoms with E-state index in [2.05, 4.69) is 12.2 Å². The number of halogens is 2. The molecule has 21 heavy (non-hydrogen) atoms. The standard InChI is InChI=1S/C17H25ClFNO/c1-3-20-14(8-13-9-15(10-13)21-4-2)7-12-5-6-16(18)17(19)11-12/h5-6,11,13-15,20H,3-4,7-10H2,1-2H3. The lowest BCUT2D eigenvalue weighted by atomic mass is 9.77. The van der Waals surface area contributed by atoms with E-state index in [0.717, 1.165) is 50.3 Å². The average Bonchev–Trinajstić information content (AvgIpc) is 2.41. The topological polar surface area (TPSA) is 21.3 Å². The molecular weight excluding hydrogens is 289 g/mol. The Bertz CT molecular complexity index is 448. The van der Waals surface area contributed by atoms with Crippen molar-refractivity contribution in [3.63, 3.8) is 0 Å². The second-order valence-corrected chi connectivity index (χ2v) is 6.26. The molecule has 0 aromatic heterocycles. The Morgan fingerprint density at radius 3 is 2.76 bits per heavy atom. The van der Waals surface area contributed by atoms with Crippen molar-refractivity contribution in [3.8, 4) is 0 Å². The number of rotatable bonds is 8. The van der Waals surface area contributed by atoms with Crippen LogP contribution in [-0.2, 0) is 11.2 Å². The van der Waals surface area contributed by atoms with Crippen molar-refractivity contribution in [1.82, 2.24) is 5.32 Å². The van der Waals surface area contributed by atoms with Crippen molar-refractivity contribution in [2.24, 2.45) is 5.92 Å². The second kappa shape index (κ2) is 8.11. The number of nitrogens with one attached hydrogen (secondary N) is 1. The molecule has 1 unspecified atom stereocenters. The van der Waals surface area contributed by atoms with Gasteiger partial charge in [0.15, 0.2) is 0 Å². The molecule has 1 saturated carbocycles.